The fraction of sp³-hybridized carbons (Fsp3) is 0.294. The van der Waals surface area contributed by atoms with Crippen molar-refractivity contribution in [3.8, 4) is 11.5 Å². The number of carbonyl (C=O) groups excluding carboxylic acids is 2. The molecule has 0 bridgehead atoms. The first kappa shape index (κ1) is 19.5. The number of hydrogen-bond donors (Lipinski definition) is 2. The highest BCUT2D eigenvalue weighted by atomic mass is 32.2. The normalized spacial score (nSPS) is 11.8. The van der Waals surface area contributed by atoms with Gasteiger partial charge in [0.05, 0.1) is 11.8 Å². The lowest BCUT2D eigenvalue weighted by molar-refractivity contribution is -0.119. The van der Waals surface area contributed by atoms with Crippen molar-refractivity contribution in [3.63, 3.8) is 0 Å². The molecule has 1 aromatic carbocycles. The molecule has 0 aliphatic carbocycles. The number of carbonyl (C=O) groups is 2. The highest BCUT2D eigenvalue weighted by Crippen LogP contribution is 2.26. The van der Waals surface area contributed by atoms with Gasteiger partial charge in [-0.05, 0) is 22.8 Å². The second kappa shape index (κ2) is 8.65. The Bertz CT molecular complexity index is 970. The van der Waals surface area contributed by atoms with E-state index in [0.29, 0.717) is 11.0 Å². The van der Waals surface area contributed by atoms with Crippen molar-refractivity contribution in [1.82, 2.24) is 30.4 Å². The fourth-order valence-electron chi connectivity index (χ4n) is 2.47. The van der Waals surface area contributed by atoms with Crippen molar-refractivity contribution in [2.24, 2.45) is 7.05 Å². The maximum absolute atomic E-state index is 12.2. The standard InChI is InChI=1S/C17H19N7O3S/c1-10(12-7-5-4-6-8-12)18-13(26)9-28-17-21-20-16(24(17)3)14-15(19-11(2)25)23-27-22-14/h4-8,10H,9H2,1-3H3,(H,18,26)(H,19,23,25)/t10-/m1/s1. The first-order chi connectivity index (χ1) is 13.5. The topological polar surface area (TPSA) is 128 Å². The summed E-state index contributed by atoms with van der Waals surface area (Å²) < 4.78 is 6.34. The highest BCUT2D eigenvalue weighted by molar-refractivity contribution is 7.99. The molecule has 0 fully saturated rings. The van der Waals surface area contributed by atoms with Gasteiger partial charge in [-0.15, -0.1) is 10.2 Å². The number of rotatable bonds is 7. The number of nitrogens with zero attached hydrogens (tertiary/aromatic N) is 5. The number of aromatic nitrogens is 5. The van der Waals surface area contributed by atoms with Crippen molar-refractivity contribution in [2.45, 2.75) is 25.0 Å². The molecule has 2 aromatic heterocycles. The average molecular weight is 401 g/mol. The van der Waals surface area contributed by atoms with Gasteiger partial charge in [0.25, 0.3) is 0 Å². The Morgan fingerprint density at radius 3 is 2.68 bits per heavy atom. The smallest absolute Gasteiger partial charge is 0.230 e. The van der Waals surface area contributed by atoms with Crippen LogP contribution in [-0.4, -0.2) is 42.6 Å². The Labute approximate surface area is 165 Å². The number of thioether (sulfide) groups is 1. The zero-order chi connectivity index (χ0) is 20.1. The molecule has 11 heteroatoms. The van der Waals surface area contributed by atoms with E-state index < -0.39 is 0 Å². The Hall–Kier alpha value is -3.21. The van der Waals surface area contributed by atoms with Crippen LogP contribution in [0.4, 0.5) is 5.82 Å². The lowest BCUT2D eigenvalue weighted by Gasteiger charge is -2.13. The molecule has 3 rings (SSSR count). The molecule has 0 saturated carbocycles. The summed E-state index contributed by atoms with van der Waals surface area (Å²) >= 11 is 1.24. The van der Waals surface area contributed by atoms with Crippen LogP contribution >= 0.6 is 11.8 Å². The molecule has 3 aromatic rings. The molecule has 0 spiro atoms. The van der Waals surface area contributed by atoms with Gasteiger partial charge in [0.1, 0.15) is 0 Å². The number of anilines is 1. The predicted octanol–water partition coefficient (Wildman–Crippen LogP) is 1.79. The molecule has 0 radical (unpaired) electrons. The van der Waals surface area contributed by atoms with Crippen LogP contribution in [0.25, 0.3) is 11.5 Å². The van der Waals surface area contributed by atoms with Crippen molar-refractivity contribution in [3.05, 3.63) is 35.9 Å². The van der Waals surface area contributed by atoms with E-state index in [2.05, 4.69) is 35.8 Å². The first-order valence-electron chi connectivity index (χ1n) is 8.42. The van der Waals surface area contributed by atoms with Gasteiger partial charge in [0.15, 0.2) is 16.7 Å². The molecule has 28 heavy (non-hydrogen) atoms. The zero-order valence-electron chi connectivity index (χ0n) is 15.5. The van der Waals surface area contributed by atoms with Gasteiger partial charge in [-0.3, -0.25) is 9.59 Å². The van der Waals surface area contributed by atoms with E-state index in [9.17, 15) is 9.59 Å². The summed E-state index contributed by atoms with van der Waals surface area (Å²) in [6.45, 7) is 3.28. The Balaban J connectivity index is 1.63. The second-order valence-electron chi connectivity index (χ2n) is 6.00. The Kier molecular flexibility index (Phi) is 6.04. The lowest BCUT2D eigenvalue weighted by atomic mass is 10.1. The van der Waals surface area contributed by atoms with E-state index in [0.717, 1.165) is 5.56 Å². The highest BCUT2D eigenvalue weighted by Gasteiger charge is 2.21. The van der Waals surface area contributed by atoms with Crippen LogP contribution in [0.5, 0.6) is 0 Å². The van der Waals surface area contributed by atoms with E-state index in [1.807, 2.05) is 37.3 Å². The van der Waals surface area contributed by atoms with Gasteiger partial charge in [0, 0.05) is 14.0 Å². The van der Waals surface area contributed by atoms with Crippen LogP contribution in [0.15, 0.2) is 40.1 Å². The molecule has 146 valence electrons. The van der Waals surface area contributed by atoms with E-state index in [4.69, 9.17) is 0 Å². The van der Waals surface area contributed by atoms with Crippen molar-refractivity contribution in [2.75, 3.05) is 11.1 Å². The molecule has 2 N–H and O–H groups in total. The SMILES string of the molecule is CC(=O)Nc1nonc1-c1nnc(SCC(=O)N[C@H](C)c2ccccc2)n1C. The number of hydrogen-bond acceptors (Lipinski definition) is 8. The molecule has 0 saturated heterocycles. The molecule has 0 aliphatic heterocycles. The first-order valence-corrected chi connectivity index (χ1v) is 9.41. The Morgan fingerprint density at radius 2 is 1.96 bits per heavy atom. The van der Waals surface area contributed by atoms with Crippen molar-refractivity contribution in [1.29, 1.82) is 0 Å². The fourth-order valence-corrected chi connectivity index (χ4v) is 3.19. The summed E-state index contributed by atoms with van der Waals surface area (Å²) in [4.78, 5) is 23.5. The molecule has 1 atom stereocenters. The van der Waals surface area contributed by atoms with Gasteiger partial charge in [-0.25, -0.2) is 4.63 Å². The van der Waals surface area contributed by atoms with E-state index in [-0.39, 0.29) is 35.1 Å². The summed E-state index contributed by atoms with van der Waals surface area (Å²) in [5, 5.41) is 21.5. The lowest BCUT2D eigenvalue weighted by Crippen LogP contribution is -2.28. The predicted molar refractivity (Wildman–Crippen MR) is 102 cm³/mol. The second-order valence-corrected chi connectivity index (χ2v) is 6.94. The molecule has 2 heterocycles. The Morgan fingerprint density at radius 1 is 1.21 bits per heavy atom. The largest absolute Gasteiger partial charge is 0.349 e. The average Bonchev–Trinajstić information content (AvgIpc) is 3.26. The summed E-state index contributed by atoms with van der Waals surface area (Å²) in [5.74, 6) is 0.282. The summed E-state index contributed by atoms with van der Waals surface area (Å²) in [6.07, 6.45) is 0. The maximum atomic E-state index is 12.2. The van der Waals surface area contributed by atoms with Gasteiger partial charge < -0.3 is 15.2 Å². The number of amides is 2. The quantitative estimate of drug-likeness (QED) is 0.574. The number of nitrogens with one attached hydrogen (secondary N) is 2. The zero-order valence-corrected chi connectivity index (χ0v) is 16.4. The maximum Gasteiger partial charge on any atom is 0.230 e. The molecular formula is C17H19N7O3S. The van der Waals surface area contributed by atoms with E-state index in [1.54, 1.807) is 11.6 Å². The third-order valence-electron chi connectivity index (χ3n) is 3.84. The molecular weight excluding hydrogens is 382 g/mol. The minimum absolute atomic E-state index is 0.0919. The van der Waals surface area contributed by atoms with Crippen LogP contribution in [0.1, 0.15) is 25.5 Å². The monoisotopic (exact) mass is 401 g/mol. The third kappa shape index (κ3) is 4.55. The van der Waals surface area contributed by atoms with Gasteiger partial charge in [0.2, 0.25) is 17.6 Å². The van der Waals surface area contributed by atoms with Crippen LogP contribution in [0, 0.1) is 0 Å². The minimum atomic E-state index is -0.307. The van der Waals surface area contributed by atoms with Crippen molar-refractivity contribution >= 4 is 29.4 Å². The molecule has 2 amide bonds. The molecule has 0 unspecified atom stereocenters. The van der Waals surface area contributed by atoms with Gasteiger partial charge in [-0.2, -0.15) is 0 Å². The van der Waals surface area contributed by atoms with E-state index in [1.165, 1.54) is 18.7 Å². The van der Waals surface area contributed by atoms with E-state index >= 15 is 0 Å². The third-order valence-corrected chi connectivity index (χ3v) is 4.86. The number of benzene rings is 1. The van der Waals surface area contributed by atoms with Crippen LogP contribution < -0.4 is 10.6 Å². The van der Waals surface area contributed by atoms with Gasteiger partial charge in [-0.1, -0.05) is 42.1 Å². The van der Waals surface area contributed by atoms with Gasteiger partial charge >= 0.3 is 0 Å². The summed E-state index contributed by atoms with van der Waals surface area (Å²) in [5.41, 5.74) is 1.30. The molecule has 10 nitrogen and oxygen atoms in total. The minimum Gasteiger partial charge on any atom is -0.349 e. The van der Waals surface area contributed by atoms with Crippen molar-refractivity contribution < 1.29 is 14.2 Å². The molecule has 0 aliphatic rings. The van der Waals surface area contributed by atoms with Crippen LogP contribution in [0.3, 0.4) is 0 Å². The van der Waals surface area contributed by atoms with Crippen LogP contribution in [0.2, 0.25) is 0 Å². The summed E-state index contributed by atoms with van der Waals surface area (Å²) in [6, 6.07) is 9.63. The summed E-state index contributed by atoms with van der Waals surface area (Å²) in [7, 11) is 1.73. The van der Waals surface area contributed by atoms with Crippen LogP contribution in [-0.2, 0) is 16.6 Å².